The fourth-order valence-electron chi connectivity index (χ4n) is 7.24. The summed E-state index contributed by atoms with van der Waals surface area (Å²) in [7, 11) is 0. The van der Waals surface area contributed by atoms with Gasteiger partial charge in [0.15, 0.2) is 0 Å². The number of benzene rings is 6. The highest BCUT2D eigenvalue weighted by Crippen LogP contribution is 2.39. The number of aromatic amines is 2. The van der Waals surface area contributed by atoms with Gasteiger partial charge in [0.25, 0.3) is 0 Å². The van der Waals surface area contributed by atoms with Crippen LogP contribution in [0.2, 0.25) is 0 Å². The average molecular weight is 569 g/mol. The first-order valence-corrected chi connectivity index (χ1v) is 15.5. The normalized spacial score (nSPS) is 11.9. The summed E-state index contributed by atoms with van der Waals surface area (Å²) in [4.78, 5) is 7.44. The number of aryl methyl sites for hydroxylation is 6. The minimum absolute atomic E-state index is 1.19. The molecule has 0 fully saturated rings. The molecule has 0 saturated carbocycles. The average Bonchev–Trinajstić information content (AvgIpc) is 3.54. The quantitative estimate of drug-likeness (QED) is 0.212. The third kappa shape index (κ3) is 4.17. The van der Waals surface area contributed by atoms with Crippen molar-refractivity contribution in [3.05, 3.63) is 130 Å². The lowest BCUT2D eigenvalue weighted by atomic mass is 9.90. The van der Waals surface area contributed by atoms with Gasteiger partial charge in [0.05, 0.1) is 11.0 Å². The van der Waals surface area contributed by atoms with Gasteiger partial charge in [-0.25, -0.2) is 0 Å². The van der Waals surface area contributed by atoms with Crippen LogP contribution in [0.1, 0.15) is 33.4 Å². The first-order chi connectivity index (χ1) is 21.2. The third-order valence-electron chi connectivity index (χ3n) is 9.38. The molecule has 0 spiro atoms. The van der Waals surface area contributed by atoms with Gasteiger partial charge >= 0.3 is 0 Å². The molecular weight excluding hydrogens is 532 g/mol. The maximum absolute atomic E-state index is 3.72. The highest BCUT2D eigenvalue weighted by molar-refractivity contribution is 6.13. The van der Waals surface area contributed by atoms with Crippen LogP contribution in [0.3, 0.4) is 0 Å². The molecule has 0 aliphatic carbocycles. The molecule has 0 amide bonds. The summed E-state index contributed by atoms with van der Waals surface area (Å²) < 4.78 is 0. The zero-order valence-corrected chi connectivity index (χ0v) is 26.2. The van der Waals surface area contributed by atoms with E-state index in [0.29, 0.717) is 0 Å². The van der Waals surface area contributed by atoms with Crippen LogP contribution in [0, 0.1) is 41.5 Å². The standard InChI is InChI=1S/C42H36N2/c1-23-7-13-39-35(15-23)37-19-25(3)17-33(41(37)43-39)29-9-11-31(27(5)21-29)32-12-10-30(22-28(32)6)34-18-26(4)20-38-36-16-24(2)8-14-40(36)44-42(34)38/h7-22,43-44H,1-6H3. The van der Waals surface area contributed by atoms with Crippen LogP contribution < -0.4 is 0 Å². The summed E-state index contributed by atoms with van der Waals surface area (Å²) >= 11 is 0. The molecule has 0 unspecified atom stereocenters. The molecule has 0 radical (unpaired) electrons. The van der Waals surface area contributed by atoms with Gasteiger partial charge in [-0.1, -0.05) is 59.7 Å². The minimum atomic E-state index is 1.19. The van der Waals surface area contributed by atoms with Crippen LogP contribution in [-0.4, -0.2) is 9.97 Å². The third-order valence-corrected chi connectivity index (χ3v) is 9.38. The van der Waals surface area contributed by atoms with Crippen LogP contribution in [0.25, 0.3) is 77.0 Å². The molecule has 2 N–H and O–H groups in total. The van der Waals surface area contributed by atoms with Gasteiger partial charge in [-0.15, -0.1) is 0 Å². The van der Waals surface area contributed by atoms with Crippen molar-refractivity contribution in [3.63, 3.8) is 0 Å². The molecule has 2 aromatic heterocycles. The molecule has 2 heteroatoms. The topological polar surface area (TPSA) is 31.6 Å². The molecule has 0 aliphatic rings. The lowest BCUT2D eigenvalue weighted by Gasteiger charge is -2.14. The predicted octanol–water partition coefficient (Wildman–Crippen LogP) is 11.8. The van der Waals surface area contributed by atoms with Gasteiger partial charge in [-0.05, 0) is 135 Å². The van der Waals surface area contributed by atoms with Crippen molar-refractivity contribution < 1.29 is 0 Å². The largest absolute Gasteiger partial charge is 0.354 e. The van der Waals surface area contributed by atoms with Crippen LogP contribution >= 0.6 is 0 Å². The van der Waals surface area contributed by atoms with Crippen molar-refractivity contribution in [1.82, 2.24) is 9.97 Å². The van der Waals surface area contributed by atoms with Crippen LogP contribution in [0.4, 0.5) is 0 Å². The second-order valence-electron chi connectivity index (χ2n) is 12.9. The van der Waals surface area contributed by atoms with E-state index in [9.17, 15) is 0 Å². The Morgan fingerprint density at radius 1 is 0.341 bits per heavy atom. The van der Waals surface area contributed by atoms with Gasteiger partial charge in [0.1, 0.15) is 0 Å². The maximum Gasteiger partial charge on any atom is 0.0544 e. The summed E-state index contributed by atoms with van der Waals surface area (Å²) in [5.74, 6) is 0. The SMILES string of the molecule is Cc1ccc2[nH]c3c(-c4ccc(-c5ccc(-c6cc(C)cc7c6[nH]c6ccc(C)cc67)cc5C)c(C)c4)cc(C)cc3c2c1. The summed E-state index contributed by atoms with van der Waals surface area (Å²) in [6, 6.07) is 36.5. The number of H-pyrrole nitrogens is 2. The van der Waals surface area contributed by atoms with Gasteiger partial charge in [-0.2, -0.15) is 0 Å². The van der Waals surface area contributed by atoms with Crippen molar-refractivity contribution in [2.24, 2.45) is 0 Å². The van der Waals surface area contributed by atoms with E-state index in [0.717, 1.165) is 0 Å². The lowest BCUT2D eigenvalue weighted by Crippen LogP contribution is -1.91. The fourth-order valence-corrected chi connectivity index (χ4v) is 7.24. The van der Waals surface area contributed by atoms with Gasteiger partial charge < -0.3 is 9.97 Å². The highest BCUT2D eigenvalue weighted by Gasteiger charge is 2.15. The first kappa shape index (κ1) is 26.5. The van der Waals surface area contributed by atoms with E-state index in [1.165, 1.54) is 110 Å². The second-order valence-corrected chi connectivity index (χ2v) is 12.9. The second kappa shape index (κ2) is 9.72. The Labute approximate surface area is 258 Å². The number of hydrogen-bond donors (Lipinski definition) is 2. The van der Waals surface area contributed by atoms with Crippen LogP contribution in [-0.2, 0) is 0 Å². The zero-order valence-electron chi connectivity index (χ0n) is 26.2. The monoisotopic (exact) mass is 568 g/mol. The molecule has 6 aromatic carbocycles. The maximum atomic E-state index is 3.72. The van der Waals surface area contributed by atoms with Crippen molar-refractivity contribution in [1.29, 1.82) is 0 Å². The molecule has 214 valence electrons. The van der Waals surface area contributed by atoms with E-state index in [1.54, 1.807) is 0 Å². The minimum Gasteiger partial charge on any atom is -0.354 e. The Bertz CT molecular complexity index is 2270. The van der Waals surface area contributed by atoms with Crippen molar-refractivity contribution in [2.75, 3.05) is 0 Å². The smallest absolute Gasteiger partial charge is 0.0544 e. The number of fused-ring (bicyclic) bond motifs is 6. The Morgan fingerprint density at radius 2 is 0.750 bits per heavy atom. The summed E-state index contributed by atoms with van der Waals surface area (Å²) in [5.41, 5.74) is 20.0. The van der Waals surface area contributed by atoms with Crippen LogP contribution in [0.5, 0.6) is 0 Å². The van der Waals surface area contributed by atoms with Crippen LogP contribution in [0.15, 0.2) is 97.1 Å². The summed E-state index contributed by atoms with van der Waals surface area (Å²) in [5, 5.41) is 5.18. The number of hydrogen-bond acceptors (Lipinski definition) is 0. The Kier molecular flexibility index (Phi) is 5.86. The fraction of sp³-hybridized carbons (Fsp3) is 0.143. The van der Waals surface area contributed by atoms with E-state index in [1.807, 2.05) is 0 Å². The zero-order chi connectivity index (χ0) is 30.3. The van der Waals surface area contributed by atoms with Gasteiger partial charge in [0, 0.05) is 43.7 Å². The highest BCUT2D eigenvalue weighted by atomic mass is 14.7. The molecule has 8 rings (SSSR count). The number of rotatable bonds is 3. The molecule has 0 aliphatic heterocycles. The molecule has 2 nitrogen and oxygen atoms in total. The first-order valence-electron chi connectivity index (χ1n) is 15.5. The molecule has 0 saturated heterocycles. The number of aromatic nitrogens is 2. The van der Waals surface area contributed by atoms with E-state index in [2.05, 4.69) is 149 Å². The Hall–Kier alpha value is -5.08. The van der Waals surface area contributed by atoms with Crippen molar-refractivity contribution in [2.45, 2.75) is 41.5 Å². The molecule has 2 heterocycles. The Morgan fingerprint density at radius 3 is 1.16 bits per heavy atom. The molecule has 8 aromatic rings. The lowest BCUT2D eigenvalue weighted by molar-refractivity contribution is 1.40. The summed E-state index contributed by atoms with van der Waals surface area (Å²) in [6.07, 6.45) is 0. The molecule has 0 bridgehead atoms. The van der Waals surface area contributed by atoms with E-state index in [4.69, 9.17) is 0 Å². The molecule has 0 atom stereocenters. The van der Waals surface area contributed by atoms with E-state index < -0.39 is 0 Å². The van der Waals surface area contributed by atoms with Crippen molar-refractivity contribution >= 4 is 43.6 Å². The van der Waals surface area contributed by atoms with E-state index >= 15 is 0 Å². The van der Waals surface area contributed by atoms with E-state index in [-0.39, 0.29) is 0 Å². The predicted molar refractivity (Wildman–Crippen MR) is 190 cm³/mol. The van der Waals surface area contributed by atoms with Crippen molar-refractivity contribution in [3.8, 4) is 33.4 Å². The van der Waals surface area contributed by atoms with Gasteiger partial charge in [-0.3, -0.25) is 0 Å². The Balaban J connectivity index is 1.21. The van der Waals surface area contributed by atoms with Gasteiger partial charge in [0.2, 0.25) is 0 Å². The number of nitrogens with one attached hydrogen (secondary N) is 2. The summed E-state index contributed by atoms with van der Waals surface area (Å²) in [6.45, 7) is 13.2. The molecule has 44 heavy (non-hydrogen) atoms. The molecular formula is C42H36N2.